The number of aromatic nitrogens is 1. The zero-order chi connectivity index (χ0) is 11.0. The van der Waals surface area contributed by atoms with E-state index in [-0.39, 0.29) is 0 Å². The van der Waals surface area contributed by atoms with E-state index in [9.17, 15) is 0 Å². The Morgan fingerprint density at radius 1 is 1.50 bits per heavy atom. The first-order chi connectivity index (χ1) is 7.84. The molecular formula is C12H13ClN2O. The van der Waals surface area contributed by atoms with Crippen LogP contribution in [-0.4, -0.2) is 18.2 Å². The molecule has 0 saturated carbocycles. The third-order valence-electron chi connectivity index (χ3n) is 3.17. The second-order valence-corrected chi connectivity index (χ2v) is 4.72. The van der Waals surface area contributed by atoms with Crippen molar-refractivity contribution in [3.8, 4) is 0 Å². The predicted octanol–water partition coefficient (Wildman–Crippen LogP) is 2.63. The molecule has 1 unspecified atom stereocenters. The van der Waals surface area contributed by atoms with Crippen LogP contribution in [0.4, 0.5) is 0 Å². The topological polar surface area (TPSA) is 38.1 Å². The smallest absolute Gasteiger partial charge is 0.185 e. The first-order valence-corrected chi connectivity index (χ1v) is 5.96. The lowest BCUT2D eigenvalue weighted by atomic mass is 10.0. The van der Waals surface area contributed by atoms with E-state index in [1.54, 1.807) is 0 Å². The number of halogens is 1. The van der Waals surface area contributed by atoms with Crippen LogP contribution in [0.1, 0.15) is 12.1 Å². The highest BCUT2D eigenvalue weighted by atomic mass is 35.5. The number of nitrogens with one attached hydrogen (secondary N) is 1. The molecule has 3 nitrogen and oxygen atoms in total. The molecule has 2 aromatic rings. The third kappa shape index (κ3) is 1.70. The first kappa shape index (κ1) is 10.1. The SMILES string of the molecule is Clc1cccc2c(CC3CCNC3)noc12. The average Bonchev–Trinajstić information content (AvgIpc) is 2.90. The number of hydrogen-bond donors (Lipinski definition) is 1. The molecular weight excluding hydrogens is 224 g/mol. The van der Waals surface area contributed by atoms with E-state index in [1.807, 2.05) is 18.2 Å². The van der Waals surface area contributed by atoms with Gasteiger partial charge in [0.1, 0.15) is 0 Å². The van der Waals surface area contributed by atoms with Crippen LogP contribution in [0, 0.1) is 5.92 Å². The van der Waals surface area contributed by atoms with E-state index >= 15 is 0 Å². The minimum absolute atomic E-state index is 0.640. The van der Waals surface area contributed by atoms with Gasteiger partial charge in [0.25, 0.3) is 0 Å². The summed E-state index contributed by atoms with van der Waals surface area (Å²) in [7, 11) is 0. The summed E-state index contributed by atoms with van der Waals surface area (Å²) in [6, 6.07) is 5.80. The predicted molar refractivity (Wildman–Crippen MR) is 63.7 cm³/mol. The molecule has 1 atom stereocenters. The lowest BCUT2D eigenvalue weighted by Crippen LogP contribution is -2.10. The van der Waals surface area contributed by atoms with Gasteiger partial charge in [-0.2, -0.15) is 0 Å². The van der Waals surface area contributed by atoms with Crippen molar-refractivity contribution in [2.24, 2.45) is 5.92 Å². The van der Waals surface area contributed by atoms with E-state index in [1.165, 1.54) is 6.42 Å². The van der Waals surface area contributed by atoms with Gasteiger partial charge in [0, 0.05) is 5.39 Å². The lowest BCUT2D eigenvalue weighted by Gasteiger charge is -2.04. The average molecular weight is 237 g/mol. The quantitative estimate of drug-likeness (QED) is 0.871. The molecule has 3 rings (SSSR count). The second-order valence-electron chi connectivity index (χ2n) is 4.31. The van der Waals surface area contributed by atoms with Crippen molar-refractivity contribution in [3.63, 3.8) is 0 Å². The molecule has 1 aliphatic heterocycles. The van der Waals surface area contributed by atoms with Crippen LogP contribution in [0.2, 0.25) is 5.02 Å². The number of nitrogens with zero attached hydrogens (tertiary/aromatic N) is 1. The Balaban J connectivity index is 1.94. The van der Waals surface area contributed by atoms with E-state index in [0.717, 1.165) is 30.6 Å². The first-order valence-electron chi connectivity index (χ1n) is 5.58. The fourth-order valence-electron chi connectivity index (χ4n) is 2.29. The van der Waals surface area contributed by atoms with Crippen LogP contribution >= 0.6 is 11.6 Å². The van der Waals surface area contributed by atoms with Gasteiger partial charge >= 0.3 is 0 Å². The Morgan fingerprint density at radius 3 is 3.25 bits per heavy atom. The maximum atomic E-state index is 6.04. The lowest BCUT2D eigenvalue weighted by molar-refractivity contribution is 0.435. The van der Waals surface area contributed by atoms with Gasteiger partial charge in [0.2, 0.25) is 0 Å². The van der Waals surface area contributed by atoms with Crippen molar-refractivity contribution >= 4 is 22.6 Å². The summed E-state index contributed by atoms with van der Waals surface area (Å²) in [5.41, 5.74) is 1.75. The minimum Gasteiger partial charge on any atom is -0.354 e. The standard InChI is InChI=1S/C12H13ClN2O/c13-10-3-1-2-9-11(15-16-12(9)10)6-8-4-5-14-7-8/h1-3,8,14H,4-7H2. The molecule has 1 N–H and O–H groups in total. The molecule has 1 aromatic carbocycles. The Kier molecular flexibility index (Phi) is 2.58. The Bertz CT molecular complexity index is 503. The summed E-state index contributed by atoms with van der Waals surface area (Å²) >= 11 is 6.04. The van der Waals surface area contributed by atoms with E-state index in [2.05, 4.69) is 10.5 Å². The normalized spacial score (nSPS) is 20.7. The number of fused-ring (bicyclic) bond motifs is 1. The molecule has 0 bridgehead atoms. The highest BCUT2D eigenvalue weighted by Crippen LogP contribution is 2.27. The summed E-state index contributed by atoms with van der Waals surface area (Å²) in [6.45, 7) is 2.19. The van der Waals surface area contributed by atoms with Crippen molar-refractivity contribution in [2.75, 3.05) is 13.1 Å². The van der Waals surface area contributed by atoms with Gasteiger partial charge in [-0.1, -0.05) is 22.8 Å². The molecule has 1 aliphatic rings. The summed E-state index contributed by atoms with van der Waals surface area (Å²) in [5.74, 6) is 0.673. The van der Waals surface area contributed by atoms with Crippen LogP contribution in [0.3, 0.4) is 0 Å². The maximum Gasteiger partial charge on any atom is 0.185 e. The summed E-state index contributed by atoms with van der Waals surface area (Å²) in [6.07, 6.45) is 2.19. The second kappa shape index (κ2) is 4.07. The van der Waals surface area contributed by atoms with Crippen molar-refractivity contribution in [1.29, 1.82) is 0 Å². The summed E-state index contributed by atoms with van der Waals surface area (Å²) in [5, 5.41) is 9.19. The highest BCUT2D eigenvalue weighted by molar-refractivity contribution is 6.34. The van der Waals surface area contributed by atoms with Crippen LogP contribution in [0.25, 0.3) is 11.0 Å². The molecule has 2 heterocycles. The number of rotatable bonds is 2. The fraction of sp³-hybridized carbons (Fsp3) is 0.417. The zero-order valence-corrected chi connectivity index (χ0v) is 9.63. The number of para-hydroxylation sites is 1. The highest BCUT2D eigenvalue weighted by Gasteiger charge is 2.19. The third-order valence-corrected chi connectivity index (χ3v) is 3.47. The summed E-state index contributed by atoms with van der Waals surface area (Å²) in [4.78, 5) is 0. The minimum atomic E-state index is 0.640. The van der Waals surface area contributed by atoms with Gasteiger partial charge in [-0.05, 0) is 44.0 Å². The van der Waals surface area contributed by atoms with Gasteiger partial charge in [-0.25, -0.2) is 0 Å². The largest absolute Gasteiger partial charge is 0.354 e. The van der Waals surface area contributed by atoms with Gasteiger partial charge in [0.15, 0.2) is 5.58 Å². The fourth-order valence-corrected chi connectivity index (χ4v) is 2.50. The van der Waals surface area contributed by atoms with Crippen LogP contribution in [0.5, 0.6) is 0 Å². The maximum absolute atomic E-state index is 6.04. The van der Waals surface area contributed by atoms with Crippen LogP contribution in [0.15, 0.2) is 22.7 Å². The molecule has 1 aromatic heterocycles. The molecule has 0 amide bonds. The molecule has 4 heteroatoms. The van der Waals surface area contributed by atoms with E-state index in [4.69, 9.17) is 16.1 Å². The van der Waals surface area contributed by atoms with Crippen LogP contribution < -0.4 is 5.32 Å². The molecule has 1 saturated heterocycles. The molecule has 1 fully saturated rings. The van der Waals surface area contributed by atoms with Gasteiger partial charge in [-0.15, -0.1) is 0 Å². The zero-order valence-electron chi connectivity index (χ0n) is 8.87. The summed E-state index contributed by atoms with van der Waals surface area (Å²) < 4.78 is 5.29. The van der Waals surface area contributed by atoms with Gasteiger partial charge in [-0.3, -0.25) is 0 Å². The van der Waals surface area contributed by atoms with Crippen molar-refractivity contribution in [3.05, 3.63) is 28.9 Å². The van der Waals surface area contributed by atoms with Gasteiger partial charge in [0.05, 0.1) is 10.7 Å². The monoisotopic (exact) mass is 236 g/mol. The van der Waals surface area contributed by atoms with Crippen molar-refractivity contribution < 1.29 is 4.52 Å². The van der Waals surface area contributed by atoms with E-state index < -0.39 is 0 Å². The molecule has 84 valence electrons. The molecule has 16 heavy (non-hydrogen) atoms. The van der Waals surface area contributed by atoms with Gasteiger partial charge < -0.3 is 9.84 Å². The van der Waals surface area contributed by atoms with Crippen LogP contribution in [-0.2, 0) is 6.42 Å². The Labute approximate surface area is 98.8 Å². The Hall–Kier alpha value is -1.06. The number of benzene rings is 1. The molecule has 0 radical (unpaired) electrons. The van der Waals surface area contributed by atoms with Crippen molar-refractivity contribution in [2.45, 2.75) is 12.8 Å². The molecule has 0 spiro atoms. The van der Waals surface area contributed by atoms with Crippen molar-refractivity contribution in [1.82, 2.24) is 10.5 Å². The van der Waals surface area contributed by atoms with E-state index in [0.29, 0.717) is 16.5 Å². The molecule has 0 aliphatic carbocycles. The Morgan fingerprint density at radius 2 is 2.44 bits per heavy atom. The number of hydrogen-bond acceptors (Lipinski definition) is 3.